The molecule has 1 aliphatic rings. The highest BCUT2D eigenvalue weighted by Gasteiger charge is 2.27. The van der Waals surface area contributed by atoms with Crippen molar-refractivity contribution in [2.75, 3.05) is 50.1 Å². The number of hydrogen-bond donors (Lipinski definition) is 2. The molecule has 27 heavy (non-hydrogen) atoms. The van der Waals surface area contributed by atoms with Crippen LogP contribution in [0.15, 0.2) is 42.6 Å². The molecule has 3 N–H and O–H groups in total. The Morgan fingerprint density at radius 2 is 2.11 bits per heavy atom. The fourth-order valence-electron chi connectivity index (χ4n) is 3.15. The zero-order chi connectivity index (χ0) is 19.2. The lowest BCUT2D eigenvalue weighted by Crippen LogP contribution is -3.15. The maximum Gasteiger partial charge on any atom is 0.279 e. The summed E-state index contributed by atoms with van der Waals surface area (Å²) in [5, 5.41) is 13.7. The van der Waals surface area contributed by atoms with E-state index < -0.39 is 4.92 Å². The number of nitrogens with zero attached hydrogens (tertiary/aromatic N) is 2. The molecule has 1 aromatic carbocycles. The summed E-state index contributed by atoms with van der Waals surface area (Å²) >= 11 is 0. The van der Waals surface area contributed by atoms with Crippen molar-refractivity contribution in [3.05, 3.63) is 52.7 Å². The van der Waals surface area contributed by atoms with E-state index in [0.29, 0.717) is 18.0 Å². The number of aromatic nitrogens is 1. The molecular weight excluding hydrogens is 350 g/mol. The predicted octanol–water partition coefficient (Wildman–Crippen LogP) is -0.239. The smallest absolute Gasteiger partial charge is 0.279 e. The van der Waals surface area contributed by atoms with E-state index >= 15 is 0 Å². The van der Waals surface area contributed by atoms with Crippen LogP contribution < -0.4 is 24.8 Å². The number of nitrogens with one attached hydrogen (secondary N) is 3. The topological polar surface area (TPSA) is 103 Å². The van der Waals surface area contributed by atoms with Crippen LogP contribution in [0.25, 0.3) is 0 Å². The lowest BCUT2D eigenvalue weighted by Gasteiger charge is -2.27. The number of anilines is 2. The Kier molecular flexibility index (Phi) is 5.82. The molecule has 3 rings (SSSR count). The number of non-ortho nitro benzene ring substituents is 1. The molecule has 1 aromatic heterocycles. The van der Waals surface area contributed by atoms with E-state index in [9.17, 15) is 14.9 Å². The zero-order valence-electron chi connectivity index (χ0n) is 15.1. The van der Waals surface area contributed by atoms with E-state index in [1.807, 2.05) is 24.4 Å². The fourth-order valence-corrected chi connectivity index (χ4v) is 3.15. The lowest BCUT2D eigenvalue weighted by molar-refractivity contribution is -0.892. The van der Waals surface area contributed by atoms with E-state index in [2.05, 4.69) is 15.2 Å². The van der Waals surface area contributed by atoms with E-state index in [-0.39, 0.29) is 11.6 Å². The molecule has 2 aromatic rings. The van der Waals surface area contributed by atoms with Crippen molar-refractivity contribution in [2.45, 2.75) is 0 Å². The van der Waals surface area contributed by atoms with Gasteiger partial charge in [-0.3, -0.25) is 19.8 Å². The molecule has 142 valence electrons. The number of piperazine rings is 1. The third-order valence-corrected chi connectivity index (χ3v) is 4.58. The van der Waals surface area contributed by atoms with Crippen molar-refractivity contribution < 1.29 is 24.3 Å². The standard InChI is InChI=1S/C18H21N5O4/c1-27-16-6-5-14(23(25)26)12-15(16)20-18(24)13-21-8-10-22(11-9-21)17-4-2-3-7-19-17/h2-7,12H,8-11,13H2,1H3,(H,20,24)/p+2. The molecule has 2 heterocycles. The highest BCUT2D eigenvalue weighted by Crippen LogP contribution is 2.28. The number of H-pyrrole nitrogens is 1. The highest BCUT2D eigenvalue weighted by molar-refractivity contribution is 5.93. The molecule has 0 bridgehead atoms. The Balaban J connectivity index is 1.56. The number of nitro groups is 1. The van der Waals surface area contributed by atoms with Crippen LogP contribution in [-0.4, -0.2) is 50.7 Å². The average molecular weight is 373 g/mol. The van der Waals surface area contributed by atoms with Gasteiger partial charge >= 0.3 is 0 Å². The molecule has 0 atom stereocenters. The number of pyridine rings is 1. The molecule has 0 spiro atoms. The van der Waals surface area contributed by atoms with Crippen LogP contribution in [0.3, 0.4) is 0 Å². The minimum absolute atomic E-state index is 0.0915. The summed E-state index contributed by atoms with van der Waals surface area (Å²) in [5.74, 6) is 1.28. The van der Waals surface area contributed by atoms with Crippen LogP contribution in [0.4, 0.5) is 17.2 Å². The number of amides is 1. The van der Waals surface area contributed by atoms with Crippen molar-refractivity contribution >= 4 is 23.1 Å². The summed E-state index contributed by atoms with van der Waals surface area (Å²) < 4.78 is 5.18. The Bertz CT molecular complexity index is 807. The first-order chi connectivity index (χ1) is 13.1. The largest absolute Gasteiger partial charge is 0.495 e. The molecule has 1 amide bonds. The van der Waals surface area contributed by atoms with Gasteiger partial charge in [-0.25, -0.2) is 4.98 Å². The number of carbonyl (C=O) groups excluding carboxylic acids is 1. The van der Waals surface area contributed by atoms with E-state index in [1.54, 1.807) is 0 Å². The first kappa shape index (κ1) is 18.6. The molecule has 9 heteroatoms. The Hall–Kier alpha value is -3.20. The Morgan fingerprint density at radius 3 is 2.74 bits per heavy atom. The molecular formula is C18H23N5O4+2. The van der Waals surface area contributed by atoms with E-state index in [4.69, 9.17) is 4.74 Å². The first-order valence-electron chi connectivity index (χ1n) is 8.74. The van der Waals surface area contributed by atoms with Gasteiger partial charge in [0, 0.05) is 18.2 Å². The summed E-state index contributed by atoms with van der Waals surface area (Å²) in [6.07, 6.45) is 1.90. The third-order valence-electron chi connectivity index (χ3n) is 4.58. The molecule has 0 radical (unpaired) electrons. The number of nitro benzene ring substituents is 1. The second kappa shape index (κ2) is 8.45. The number of methoxy groups -OCH3 is 1. The van der Waals surface area contributed by atoms with Gasteiger partial charge in [0.25, 0.3) is 17.4 Å². The van der Waals surface area contributed by atoms with E-state index in [0.717, 1.165) is 32.0 Å². The van der Waals surface area contributed by atoms with Gasteiger partial charge in [-0.15, -0.1) is 0 Å². The fraction of sp³-hybridized carbons (Fsp3) is 0.333. The van der Waals surface area contributed by atoms with Gasteiger partial charge in [-0.2, -0.15) is 0 Å². The number of rotatable bonds is 6. The van der Waals surface area contributed by atoms with Crippen molar-refractivity contribution in [3.63, 3.8) is 0 Å². The molecule has 0 aliphatic carbocycles. The van der Waals surface area contributed by atoms with E-state index in [1.165, 1.54) is 30.2 Å². The number of ether oxygens (including phenoxy) is 1. The minimum atomic E-state index is -0.500. The number of carbonyl (C=O) groups is 1. The molecule has 1 aliphatic heterocycles. The number of benzene rings is 1. The minimum Gasteiger partial charge on any atom is -0.495 e. The maximum atomic E-state index is 12.4. The first-order valence-corrected chi connectivity index (χ1v) is 8.74. The lowest BCUT2D eigenvalue weighted by atomic mass is 10.2. The van der Waals surface area contributed by atoms with Crippen LogP contribution in [0, 0.1) is 10.1 Å². The normalized spacial score (nSPS) is 14.6. The molecule has 0 unspecified atom stereocenters. The van der Waals surface area contributed by atoms with Crippen molar-refractivity contribution in [1.29, 1.82) is 0 Å². The second-order valence-corrected chi connectivity index (χ2v) is 6.35. The maximum absolute atomic E-state index is 12.4. The highest BCUT2D eigenvalue weighted by atomic mass is 16.6. The number of quaternary nitrogens is 1. The predicted molar refractivity (Wildman–Crippen MR) is 99.1 cm³/mol. The summed E-state index contributed by atoms with van der Waals surface area (Å²) in [6, 6.07) is 10.1. The van der Waals surface area contributed by atoms with Crippen molar-refractivity contribution in [2.24, 2.45) is 0 Å². The van der Waals surface area contributed by atoms with Crippen molar-refractivity contribution in [3.8, 4) is 5.75 Å². The number of aromatic amines is 1. The van der Waals surface area contributed by atoms with Gasteiger partial charge in [-0.1, -0.05) is 6.07 Å². The van der Waals surface area contributed by atoms with Gasteiger partial charge in [-0.05, 0) is 12.1 Å². The molecule has 1 saturated heterocycles. The summed E-state index contributed by atoms with van der Waals surface area (Å²) in [7, 11) is 1.46. The van der Waals surface area contributed by atoms with Gasteiger partial charge in [0.1, 0.15) is 31.9 Å². The SMILES string of the molecule is COc1ccc([N+](=O)[O-])cc1NC(=O)C[NH+]1CCN(c2cccc[nH+]2)CC1. The van der Waals surface area contributed by atoms with Gasteiger partial charge < -0.3 is 15.0 Å². The average Bonchev–Trinajstić information content (AvgIpc) is 2.69. The van der Waals surface area contributed by atoms with Crippen LogP contribution in [0.1, 0.15) is 0 Å². The summed E-state index contributed by atoms with van der Waals surface area (Å²) in [6.45, 7) is 3.68. The molecule has 9 nitrogen and oxygen atoms in total. The van der Waals surface area contributed by atoms with Crippen LogP contribution in [-0.2, 0) is 4.79 Å². The quantitative estimate of drug-likeness (QED) is 0.537. The Labute approximate surface area is 156 Å². The third kappa shape index (κ3) is 4.70. The molecule has 0 saturated carbocycles. The van der Waals surface area contributed by atoms with Crippen LogP contribution in [0.2, 0.25) is 0 Å². The van der Waals surface area contributed by atoms with Gasteiger partial charge in [0.15, 0.2) is 6.54 Å². The molecule has 1 fully saturated rings. The summed E-state index contributed by atoms with van der Waals surface area (Å²) in [5.41, 5.74) is 0.222. The van der Waals surface area contributed by atoms with Gasteiger partial charge in [0.05, 0.1) is 23.9 Å². The van der Waals surface area contributed by atoms with Gasteiger partial charge in [0.2, 0.25) is 0 Å². The zero-order valence-corrected chi connectivity index (χ0v) is 15.1. The second-order valence-electron chi connectivity index (χ2n) is 6.35. The van der Waals surface area contributed by atoms with Crippen LogP contribution in [0.5, 0.6) is 5.75 Å². The van der Waals surface area contributed by atoms with Crippen LogP contribution >= 0.6 is 0 Å². The monoisotopic (exact) mass is 373 g/mol. The number of hydrogen-bond acceptors (Lipinski definition) is 5. The summed E-state index contributed by atoms with van der Waals surface area (Å²) in [4.78, 5) is 29.5. The Morgan fingerprint density at radius 1 is 1.33 bits per heavy atom. The van der Waals surface area contributed by atoms with Crippen molar-refractivity contribution in [1.82, 2.24) is 0 Å².